The van der Waals surface area contributed by atoms with Gasteiger partial charge in [0.15, 0.2) is 12.4 Å². The first-order chi connectivity index (χ1) is 16.2. The quantitative estimate of drug-likeness (QED) is 0.236. The lowest BCUT2D eigenvalue weighted by Gasteiger charge is -2.11. The van der Waals surface area contributed by atoms with Gasteiger partial charge in [-0.15, -0.1) is 0 Å². The van der Waals surface area contributed by atoms with Gasteiger partial charge >= 0.3 is 0 Å². The van der Waals surface area contributed by atoms with E-state index in [1.165, 1.54) is 31.4 Å². The van der Waals surface area contributed by atoms with Crippen molar-refractivity contribution in [2.24, 2.45) is 5.92 Å². The number of hydrogen-bond acceptors (Lipinski definition) is 5. The van der Waals surface area contributed by atoms with E-state index >= 15 is 0 Å². The summed E-state index contributed by atoms with van der Waals surface area (Å²) in [4.78, 5) is 18.0. The molecule has 182 valence electrons. The first-order valence-corrected chi connectivity index (χ1v) is 12.9. The van der Waals surface area contributed by atoms with Crippen molar-refractivity contribution in [3.05, 3.63) is 95.8 Å². The van der Waals surface area contributed by atoms with E-state index in [9.17, 15) is 17.8 Å². The van der Waals surface area contributed by atoms with Gasteiger partial charge in [0.1, 0.15) is 10.1 Å². The molecule has 1 atom stereocenters. The monoisotopic (exact) mass is 483 g/mol. The summed E-state index contributed by atoms with van der Waals surface area (Å²) in [5.74, 6) is 0.625. The van der Waals surface area contributed by atoms with Crippen LogP contribution in [0.25, 0.3) is 0 Å². The molecule has 7 heteroatoms. The molecule has 0 bridgehead atoms. The molecule has 0 saturated carbocycles. The lowest BCUT2D eigenvalue weighted by atomic mass is 10.0. The predicted molar refractivity (Wildman–Crippen MR) is 130 cm³/mol. The van der Waals surface area contributed by atoms with E-state index in [0.717, 1.165) is 12.0 Å². The average Bonchev–Trinajstić information content (AvgIpc) is 2.85. The molecule has 0 amide bonds. The van der Waals surface area contributed by atoms with Crippen molar-refractivity contribution in [1.29, 1.82) is 0 Å². The molecule has 34 heavy (non-hydrogen) atoms. The van der Waals surface area contributed by atoms with Gasteiger partial charge in [-0.3, -0.25) is 9.63 Å². The Hall–Kier alpha value is -3.03. The molecule has 0 fully saturated rings. The van der Waals surface area contributed by atoms with Crippen LogP contribution < -0.4 is 9.57 Å². The second-order valence-electron chi connectivity index (χ2n) is 8.12. The van der Waals surface area contributed by atoms with Crippen LogP contribution in [0.1, 0.15) is 61.0 Å². The van der Waals surface area contributed by atoms with E-state index in [-0.39, 0.29) is 10.7 Å². The van der Waals surface area contributed by atoms with Gasteiger partial charge in [-0.2, -0.15) is 0 Å². The molecule has 6 nitrogen and oxygen atoms in total. The number of nitrogens with zero attached hydrogens (tertiary/aromatic N) is 1. The fraction of sp³-hybridized carbons (Fsp3) is 0.333. The van der Waals surface area contributed by atoms with Crippen LogP contribution >= 0.6 is 0 Å². The van der Waals surface area contributed by atoms with Crippen molar-refractivity contribution in [2.75, 3.05) is 6.61 Å². The topological polar surface area (TPSA) is 87.4 Å². The Labute approximate surface area is 202 Å². The smallest absolute Gasteiger partial charge is 0.223 e. The van der Waals surface area contributed by atoms with Crippen LogP contribution in [-0.4, -0.2) is 25.4 Å². The van der Waals surface area contributed by atoms with Gasteiger partial charge in [0, 0.05) is 28.0 Å². The highest BCUT2D eigenvalue weighted by molar-refractivity contribution is 7.85. The summed E-state index contributed by atoms with van der Waals surface area (Å²) in [7, 11) is -4.27. The van der Waals surface area contributed by atoms with Crippen molar-refractivity contribution in [2.45, 2.75) is 51.3 Å². The van der Waals surface area contributed by atoms with Crippen LogP contribution in [0.4, 0.5) is 0 Å². The molecule has 1 heterocycles. The van der Waals surface area contributed by atoms with E-state index in [2.05, 4.69) is 13.8 Å². The summed E-state index contributed by atoms with van der Waals surface area (Å²) >= 11 is 0. The molecular formula is C27H33NO5S. The number of aromatic nitrogens is 1. The summed E-state index contributed by atoms with van der Waals surface area (Å²) in [6.45, 7) is 6.95. The lowest BCUT2D eigenvalue weighted by Crippen LogP contribution is -2.44. The normalized spacial score (nSPS) is 11.8. The zero-order chi connectivity index (χ0) is 25.0. The van der Waals surface area contributed by atoms with Crippen LogP contribution in [-0.2, 0) is 10.1 Å². The van der Waals surface area contributed by atoms with E-state index < -0.39 is 10.1 Å². The number of carbonyl (C=O) groups is 1. The highest BCUT2D eigenvalue weighted by Gasteiger charge is 2.13. The number of pyridine rings is 1. The van der Waals surface area contributed by atoms with Gasteiger partial charge < -0.3 is 4.55 Å². The zero-order valence-corrected chi connectivity index (χ0v) is 20.8. The first-order valence-electron chi connectivity index (χ1n) is 11.5. The Kier molecular flexibility index (Phi) is 10.9. The third kappa shape index (κ3) is 9.08. The van der Waals surface area contributed by atoms with Crippen molar-refractivity contribution in [3.63, 3.8) is 0 Å². The third-order valence-corrected chi connectivity index (χ3v) is 6.26. The molecule has 0 radical (unpaired) electrons. The van der Waals surface area contributed by atoms with Crippen LogP contribution in [0.3, 0.4) is 0 Å². The predicted octanol–water partition coefficient (Wildman–Crippen LogP) is 4.75. The fourth-order valence-electron chi connectivity index (χ4n) is 3.20. The Morgan fingerprint density at radius 2 is 1.53 bits per heavy atom. The van der Waals surface area contributed by atoms with Gasteiger partial charge in [0.2, 0.25) is 12.4 Å². The van der Waals surface area contributed by atoms with Crippen molar-refractivity contribution < 1.29 is 27.3 Å². The molecule has 1 unspecified atom stereocenters. The Morgan fingerprint density at radius 1 is 0.941 bits per heavy atom. The number of hydrogen-bond donors (Lipinski definition) is 0. The van der Waals surface area contributed by atoms with E-state index in [1.54, 1.807) is 16.9 Å². The summed E-state index contributed by atoms with van der Waals surface area (Å²) < 4.78 is 32.9. The van der Waals surface area contributed by atoms with Crippen molar-refractivity contribution in [1.82, 2.24) is 0 Å². The summed E-state index contributed by atoms with van der Waals surface area (Å²) in [6.07, 6.45) is 8.42. The minimum absolute atomic E-state index is 0.0344. The average molecular weight is 484 g/mol. The minimum atomic E-state index is -4.27. The molecular weight excluding hydrogens is 450 g/mol. The Balaban J connectivity index is 0.000000310. The van der Waals surface area contributed by atoms with E-state index in [0.29, 0.717) is 23.7 Å². The third-order valence-electron chi connectivity index (χ3n) is 5.41. The van der Waals surface area contributed by atoms with Crippen LogP contribution in [0.2, 0.25) is 0 Å². The van der Waals surface area contributed by atoms with E-state index in [4.69, 9.17) is 4.84 Å². The molecule has 3 rings (SSSR count). The molecule has 0 N–H and O–H groups in total. The van der Waals surface area contributed by atoms with E-state index in [1.807, 2.05) is 61.8 Å². The maximum absolute atomic E-state index is 12.3. The Morgan fingerprint density at radius 3 is 2.06 bits per heavy atom. The zero-order valence-electron chi connectivity index (χ0n) is 20.0. The van der Waals surface area contributed by atoms with Crippen LogP contribution in [0.5, 0.6) is 0 Å². The summed E-state index contributed by atoms with van der Waals surface area (Å²) in [5, 5.41) is 0. The second kappa shape index (κ2) is 13.6. The summed E-state index contributed by atoms with van der Waals surface area (Å²) in [6, 6.07) is 18.7. The second-order valence-corrected chi connectivity index (χ2v) is 9.50. The standard InChI is InChI=1S/C20H26NO2.C7H8O3S/c1-3-5-9-17(4-2)16-23-21-14-12-19(13-15-21)20(22)18-10-7-6-8-11-18;1-6-2-4-7(5-3-6)11(8,9)10/h6-8,10-15,17H,3-5,9,16H2,1-2H3;2-5H,1H3,(H,8,9,10)/q+1;/p-1. The minimum Gasteiger partial charge on any atom is -0.744 e. The number of rotatable bonds is 10. The molecule has 0 spiro atoms. The number of aryl methyl sites for hydroxylation is 1. The number of ketones is 1. The van der Waals surface area contributed by atoms with Gasteiger partial charge in [-0.1, -0.05) is 74.7 Å². The maximum atomic E-state index is 12.3. The maximum Gasteiger partial charge on any atom is 0.223 e. The molecule has 1 aromatic heterocycles. The van der Waals surface area contributed by atoms with Crippen LogP contribution in [0, 0.1) is 12.8 Å². The van der Waals surface area contributed by atoms with Gasteiger partial charge in [0.05, 0.1) is 4.90 Å². The molecule has 0 aliphatic carbocycles. The highest BCUT2D eigenvalue weighted by atomic mass is 32.2. The van der Waals surface area contributed by atoms with Crippen molar-refractivity contribution in [3.8, 4) is 0 Å². The van der Waals surface area contributed by atoms with Crippen molar-refractivity contribution >= 4 is 15.9 Å². The fourth-order valence-corrected chi connectivity index (χ4v) is 3.67. The van der Waals surface area contributed by atoms with Gasteiger partial charge in [0.25, 0.3) is 0 Å². The lowest BCUT2D eigenvalue weighted by molar-refractivity contribution is -0.892. The largest absolute Gasteiger partial charge is 0.744 e. The highest BCUT2D eigenvalue weighted by Crippen LogP contribution is 2.12. The molecule has 0 saturated heterocycles. The van der Waals surface area contributed by atoms with Crippen LogP contribution in [0.15, 0.2) is 84.0 Å². The van der Waals surface area contributed by atoms with Gasteiger partial charge in [-0.25, -0.2) is 8.42 Å². The number of unbranched alkanes of at least 4 members (excludes halogenated alkanes) is 1. The summed E-state index contributed by atoms with van der Waals surface area (Å²) in [5.41, 5.74) is 2.31. The molecule has 0 aliphatic heterocycles. The SMILES string of the molecule is CCCCC(CC)CO[n+]1ccc(C(=O)c2ccccc2)cc1.Cc1ccc(S(=O)(=O)[O-])cc1. The molecule has 2 aromatic carbocycles. The molecule has 0 aliphatic rings. The van der Waals surface area contributed by atoms with Gasteiger partial charge in [-0.05, 0) is 37.8 Å². The molecule has 3 aromatic rings. The number of benzene rings is 2. The Bertz CT molecular complexity index is 1110. The number of carbonyl (C=O) groups excluding carboxylic acids is 1. The first kappa shape index (κ1) is 27.2.